The summed E-state index contributed by atoms with van der Waals surface area (Å²) in [7, 11) is 0. The van der Waals surface area contributed by atoms with Crippen molar-refractivity contribution < 1.29 is 0 Å². The molecule has 5 heteroatoms. The van der Waals surface area contributed by atoms with Gasteiger partial charge in [0.05, 0.1) is 0 Å². The molecule has 0 unspecified atom stereocenters. The van der Waals surface area contributed by atoms with Crippen LogP contribution in [-0.2, 0) is 0 Å². The van der Waals surface area contributed by atoms with E-state index in [1.807, 2.05) is 0 Å². The van der Waals surface area contributed by atoms with Gasteiger partial charge in [0, 0.05) is 21.6 Å². The zero-order valence-electron chi connectivity index (χ0n) is 11.1. The smallest absolute Gasteiger partial charge is 0.128 e. The summed E-state index contributed by atoms with van der Waals surface area (Å²) >= 11 is 3.47. The van der Waals surface area contributed by atoms with Crippen molar-refractivity contribution in [1.29, 1.82) is 0 Å². The van der Waals surface area contributed by atoms with Crippen molar-refractivity contribution in [2.45, 2.75) is 44.2 Å². The second-order valence-corrected chi connectivity index (χ2v) is 6.81. The first kappa shape index (κ1) is 13.8. The van der Waals surface area contributed by atoms with Gasteiger partial charge in [-0.2, -0.15) is 0 Å². The molecule has 2 rings (SSSR count). The first-order valence-electron chi connectivity index (χ1n) is 6.21. The lowest BCUT2D eigenvalue weighted by molar-refractivity contribution is 0.446. The van der Waals surface area contributed by atoms with E-state index in [-0.39, 0.29) is 5.54 Å². The number of hydrogen-bond donors (Lipinski definition) is 1. The van der Waals surface area contributed by atoms with Crippen LogP contribution in [0.3, 0.4) is 0 Å². The normalized spacial score (nSPS) is 12.2. The van der Waals surface area contributed by atoms with Crippen LogP contribution in [0.15, 0.2) is 17.4 Å². The number of rotatable bonds is 5. The van der Waals surface area contributed by atoms with E-state index < -0.39 is 0 Å². The lowest BCUT2D eigenvalue weighted by atomic mass is 9.97. The van der Waals surface area contributed by atoms with Crippen LogP contribution in [-0.4, -0.2) is 21.3 Å². The number of hydrogen-bond acceptors (Lipinski definition) is 5. The molecule has 2 aromatic heterocycles. The summed E-state index contributed by atoms with van der Waals surface area (Å²) in [4.78, 5) is 11.1. The van der Waals surface area contributed by atoms with Gasteiger partial charge in [-0.1, -0.05) is 13.8 Å². The molecule has 18 heavy (non-hydrogen) atoms. The van der Waals surface area contributed by atoms with Gasteiger partial charge in [0.15, 0.2) is 0 Å². The van der Waals surface area contributed by atoms with Gasteiger partial charge in [0.1, 0.15) is 16.2 Å². The Kier molecular flexibility index (Phi) is 4.25. The molecule has 0 amide bonds. The quantitative estimate of drug-likeness (QED) is 0.672. The summed E-state index contributed by atoms with van der Waals surface area (Å²) in [6, 6.07) is 2.17. The van der Waals surface area contributed by atoms with Crippen LogP contribution >= 0.6 is 23.1 Å². The SMILES string of the molecule is CCC(N)(CC)CSc1ncnc2sc(C)cc12. The van der Waals surface area contributed by atoms with Gasteiger partial charge in [0.2, 0.25) is 0 Å². The Bertz CT molecular complexity index is 532. The fraction of sp³-hybridized carbons (Fsp3) is 0.538. The number of nitrogens with two attached hydrogens (primary N) is 1. The fourth-order valence-corrected chi connectivity index (χ4v) is 3.91. The number of thiophene rings is 1. The number of thioether (sulfide) groups is 1. The Labute approximate surface area is 116 Å². The third-order valence-corrected chi connectivity index (χ3v) is 5.60. The Morgan fingerprint density at radius 1 is 1.33 bits per heavy atom. The van der Waals surface area contributed by atoms with E-state index in [2.05, 4.69) is 36.8 Å². The van der Waals surface area contributed by atoms with Gasteiger partial charge >= 0.3 is 0 Å². The van der Waals surface area contributed by atoms with Crippen LogP contribution in [0.5, 0.6) is 0 Å². The first-order valence-corrected chi connectivity index (χ1v) is 8.01. The van der Waals surface area contributed by atoms with Gasteiger partial charge in [-0.05, 0) is 25.8 Å². The van der Waals surface area contributed by atoms with E-state index in [0.29, 0.717) is 0 Å². The van der Waals surface area contributed by atoms with Crippen molar-refractivity contribution in [2.75, 3.05) is 5.75 Å². The molecule has 0 aliphatic rings. The lowest BCUT2D eigenvalue weighted by Crippen LogP contribution is -2.40. The number of fused-ring (bicyclic) bond motifs is 1. The molecule has 0 radical (unpaired) electrons. The van der Waals surface area contributed by atoms with Crippen LogP contribution < -0.4 is 5.73 Å². The minimum absolute atomic E-state index is 0.0903. The Balaban J connectivity index is 2.21. The second kappa shape index (κ2) is 5.55. The van der Waals surface area contributed by atoms with Gasteiger partial charge in [-0.25, -0.2) is 9.97 Å². The summed E-state index contributed by atoms with van der Waals surface area (Å²) < 4.78 is 0. The van der Waals surface area contributed by atoms with Gasteiger partial charge in [0.25, 0.3) is 0 Å². The third-order valence-electron chi connectivity index (χ3n) is 3.32. The topological polar surface area (TPSA) is 51.8 Å². The van der Waals surface area contributed by atoms with Crippen molar-refractivity contribution in [1.82, 2.24) is 9.97 Å². The van der Waals surface area contributed by atoms with Crippen molar-refractivity contribution in [3.8, 4) is 0 Å². The molecule has 0 spiro atoms. The molecule has 98 valence electrons. The molecule has 0 bridgehead atoms. The highest BCUT2D eigenvalue weighted by atomic mass is 32.2. The van der Waals surface area contributed by atoms with E-state index in [1.54, 1.807) is 29.4 Å². The standard InChI is InChI=1S/C13H19N3S2/c1-4-13(14,5-2)7-17-11-10-6-9(3)18-12(10)16-8-15-11/h6,8H,4-5,7,14H2,1-3H3. The van der Waals surface area contributed by atoms with Crippen molar-refractivity contribution in [3.63, 3.8) is 0 Å². The van der Waals surface area contributed by atoms with Crippen LogP contribution in [0.2, 0.25) is 0 Å². The highest BCUT2D eigenvalue weighted by Crippen LogP contribution is 2.32. The highest BCUT2D eigenvalue weighted by molar-refractivity contribution is 7.99. The van der Waals surface area contributed by atoms with Crippen LogP contribution in [0.25, 0.3) is 10.2 Å². The van der Waals surface area contributed by atoms with Crippen LogP contribution in [0.4, 0.5) is 0 Å². The molecule has 0 saturated heterocycles. The summed E-state index contributed by atoms with van der Waals surface area (Å²) in [5, 5.41) is 2.22. The second-order valence-electron chi connectivity index (χ2n) is 4.61. The maximum absolute atomic E-state index is 6.33. The van der Waals surface area contributed by atoms with E-state index in [0.717, 1.165) is 28.5 Å². The summed E-state index contributed by atoms with van der Waals surface area (Å²) in [6.07, 6.45) is 3.64. The molecule has 0 saturated carbocycles. The molecule has 2 heterocycles. The predicted molar refractivity (Wildman–Crippen MR) is 80.4 cm³/mol. The number of aromatic nitrogens is 2. The lowest BCUT2D eigenvalue weighted by Gasteiger charge is -2.25. The molecular weight excluding hydrogens is 262 g/mol. The Morgan fingerprint density at radius 3 is 2.72 bits per heavy atom. The zero-order chi connectivity index (χ0) is 13.2. The van der Waals surface area contributed by atoms with E-state index in [9.17, 15) is 0 Å². The Hall–Kier alpha value is -0.650. The number of aryl methyl sites for hydroxylation is 1. The molecule has 0 aliphatic carbocycles. The summed E-state index contributed by atoms with van der Waals surface area (Å²) in [5.41, 5.74) is 6.24. The van der Waals surface area contributed by atoms with E-state index in [4.69, 9.17) is 5.73 Å². The molecule has 2 N–H and O–H groups in total. The molecule has 0 fully saturated rings. The predicted octanol–water partition coefficient (Wildman–Crippen LogP) is 3.61. The summed E-state index contributed by atoms with van der Waals surface area (Å²) in [6.45, 7) is 6.40. The molecule has 0 atom stereocenters. The summed E-state index contributed by atoms with van der Waals surface area (Å²) in [5.74, 6) is 0.904. The van der Waals surface area contributed by atoms with Crippen LogP contribution in [0, 0.1) is 6.92 Å². The molecule has 2 aromatic rings. The first-order chi connectivity index (χ1) is 8.58. The minimum atomic E-state index is -0.0903. The maximum atomic E-state index is 6.33. The third kappa shape index (κ3) is 2.84. The molecule has 3 nitrogen and oxygen atoms in total. The van der Waals surface area contributed by atoms with Crippen molar-refractivity contribution in [3.05, 3.63) is 17.3 Å². The number of nitrogens with zero attached hydrogens (tertiary/aromatic N) is 2. The fourth-order valence-electron chi connectivity index (χ4n) is 1.74. The van der Waals surface area contributed by atoms with Gasteiger partial charge < -0.3 is 5.73 Å². The van der Waals surface area contributed by atoms with Gasteiger partial charge in [-0.15, -0.1) is 23.1 Å². The average Bonchev–Trinajstić information content (AvgIpc) is 2.76. The average molecular weight is 281 g/mol. The maximum Gasteiger partial charge on any atom is 0.128 e. The molecule has 0 aromatic carbocycles. The van der Waals surface area contributed by atoms with Crippen molar-refractivity contribution in [2.24, 2.45) is 5.73 Å². The van der Waals surface area contributed by atoms with E-state index >= 15 is 0 Å². The van der Waals surface area contributed by atoms with E-state index in [1.165, 1.54) is 10.3 Å². The minimum Gasteiger partial charge on any atom is -0.324 e. The highest BCUT2D eigenvalue weighted by Gasteiger charge is 2.21. The van der Waals surface area contributed by atoms with Gasteiger partial charge in [-0.3, -0.25) is 0 Å². The zero-order valence-corrected chi connectivity index (χ0v) is 12.7. The van der Waals surface area contributed by atoms with Crippen LogP contribution in [0.1, 0.15) is 31.6 Å². The largest absolute Gasteiger partial charge is 0.324 e. The molecular formula is C13H19N3S2. The Morgan fingerprint density at radius 2 is 2.06 bits per heavy atom. The van der Waals surface area contributed by atoms with Crippen molar-refractivity contribution >= 4 is 33.3 Å². The monoisotopic (exact) mass is 281 g/mol. The molecule has 0 aliphatic heterocycles.